The standard InChI is InChI=1S/C11H17BrN2O/c1-8(5-9(2)15)13-7-11-4-3-10(12)6-14-11/h3-4,6,8-9,13,15H,5,7H2,1-2H3. The Balaban J connectivity index is 2.33. The molecular weight excluding hydrogens is 256 g/mol. The highest BCUT2D eigenvalue weighted by Crippen LogP contribution is 2.07. The van der Waals surface area contributed by atoms with Gasteiger partial charge >= 0.3 is 0 Å². The molecule has 1 rings (SSSR count). The average molecular weight is 273 g/mol. The Hall–Kier alpha value is -0.450. The molecule has 0 fully saturated rings. The normalized spacial score (nSPS) is 14.9. The van der Waals surface area contributed by atoms with Gasteiger partial charge in [-0.3, -0.25) is 4.98 Å². The van der Waals surface area contributed by atoms with Crippen molar-refractivity contribution in [3.05, 3.63) is 28.5 Å². The summed E-state index contributed by atoms with van der Waals surface area (Å²) in [5.41, 5.74) is 1.01. The van der Waals surface area contributed by atoms with E-state index in [0.29, 0.717) is 6.04 Å². The van der Waals surface area contributed by atoms with Crippen LogP contribution in [0.3, 0.4) is 0 Å². The first-order valence-corrected chi connectivity index (χ1v) is 5.89. The minimum atomic E-state index is -0.259. The molecule has 0 aliphatic carbocycles. The molecule has 0 aliphatic rings. The highest BCUT2D eigenvalue weighted by atomic mass is 79.9. The summed E-state index contributed by atoms with van der Waals surface area (Å²) in [6.45, 7) is 4.60. The van der Waals surface area contributed by atoms with E-state index in [1.165, 1.54) is 0 Å². The fourth-order valence-corrected chi connectivity index (χ4v) is 1.62. The van der Waals surface area contributed by atoms with E-state index in [1.54, 1.807) is 13.1 Å². The molecule has 0 saturated heterocycles. The molecule has 84 valence electrons. The smallest absolute Gasteiger partial charge is 0.0542 e. The molecule has 2 unspecified atom stereocenters. The maximum atomic E-state index is 9.19. The number of aliphatic hydroxyl groups is 1. The molecule has 2 atom stereocenters. The summed E-state index contributed by atoms with van der Waals surface area (Å²) in [6.07, 6.45) is 2.29. The highest BCUT2D eigenvalue weighted by molar-refractivity contribution is 9.10. The zero-order valence-electron chi connectivity index (χ0n) is 9.07. The van der Waals surface area contributed by atoms with Gasteiger partial charge < -0.3 is 10.4 Å². The monoisotopic (exact) mass is 272 g/mol. The summed E-state index contributed by atoms with van der Waals surface area (Å²) in [6, 6.07) is 4.26. The Morgan fingerprint density at radius 1 is 1.47 bits per heavy atom. The Bertz CT molecular complexity index is 287. The van der Waals surface area contributed by atoms with Gasteiger partial charge in [0.2, 0.25) is 0 Å². The van der Waals surface area contributed by atoms with Crippen LogP contribution in [-0.2, 0) is 6.54 Å². The summed E-state index contributed by atoms with van der Waals surface area (Å²) in [7, 11) is 0. The van der Waals surface area contributed by atoms with Gasteiger partial charge in [0.1, 0.15) is 0 Å². The summed E-state index contributed by atoms with van der Waals surface area (Å²) in [5, 5.41) is 12.5. The first-order chi connectivity index (χ1) is 7.08. The van der Waals surface area contributed by atoms with Gasteiger partial charge in [-0.05, 0) is 48.3 Å². The van der Waals surface area contributed by atoms with E-state index in [4.69, 9.17) is 0 Å². The highest BCUT2D eigenvalue weighted by Gasteiger charge is 2.05. The number of aliphatic hydroxyl groups excluding tert-OH is 1. The molecule has 0 radical (unpaired) electrons. The van der Waals surface area contributed by atoms with Crippen molar-refractivity contribution in [1.82, 2.24) is 10.3 Å². The summed E-state index contributed by atoms with van der Waals surface area (Å²) in [5.74, 6) is 0. The molecule has 1 aromatic rings. The van der Waals surface area contributed by atoms with E-state index >= 15 is 0 Å². The second-order valence-corrected chi connectivity index (χ2v) is 4.75. The molecule has 0 spiro atoms. The van der Waals surface area contributed by atoms with Crippen molar-refractivity contribution in [1.29, 1.82) is 0 Å². The topological polar surface area (TPSA) is 45.1 Å². The van der Waals surface area contributed by atoms with Crippen molar-refractivity contribution >= 4 is 15.9 Å². The maximum absolute atomic E-state index is 9.19. The number of halogens is 1. The van der Waals surface area contributed by atoms with Gasteiger partial charge in [-0.15, -0.1) is 0 Å². The van der Waals surface area contributed by atoms with Crippen LogP contribution >= 0.6 is 15.9 Å². The van der Waals surface area contributed by atoms with Crippen molar-refractivity contribution in [2.24, 2.45) is 0 Å². The van der Waals surface area contributed by atoms with Gasteiger partial charge in [0, 0.05) is 23.3 Å². The van der Waals surface area contributed by atoms with Gasteiger partial charge in [-0.1, -0.05) is 0 Å². The Morgan fingerprint density at radius 3 is 2.73 bits per heavy atom. The maximum Gasteiger partial charge on any atom is 0.0542 e. The van der Waals surface area contributed by atoms with E-state index in [1.807, 2.05) is 12.1 Å². The Morgan fingerprint density at radius 2 is 2.20 bits per heavy atom. The number of rotatable bonds is 5. The predicted molar refractivity (Wildman–Crippen MR) is 64.5 cm³/mol. The van der Waals surface area contributed by atoms with Crippen LogP contribution in [0.2, 0.25) is 0 Å². The largest absolute Gasteiger partial charge is 0.393 e. The lowest BCUT2D eigenvalue weighted by Gasteiger charge is -2.14. The lowest BCUT2D eigenvalue weighted by molar-refractivity contribution is 0.170. The minimum Gasteiger partial charge on any atom is -0.393 e. The second kappa shape index (κ2) is 6.20. The van der Waals surface area contributed by atoms with Gasteiger partial charge in [-0.2, -0.15) is 0 Å². The van der Waals surface area contributed by atoms with E-state index in [9.17, 15) is 5.11 Å². The summed E-state index contributed by atoms with van der Waals surface area (Å²) < 4.78 is 0.989. The van der Waals surface area contributed by atoms with Crippen LogP contribution in [0.1, 0.15) is 26.0 Å². The third-order valence-electron chi connectivity index (χ3n) is 2.11. The van der Waals surface area contributed by atoms with E-state index < -0.39 is 0 Å². The van der Waals surface area contributed by atoms with Crippen molar-refractivity contribution in [3.63, 3.8) is 0 Å². The number of nitrogens with zero attached hydrogens (tertiary/aromatic N) is 1. The molecule has 15 heavy (non-hydrogen) atoms. The van der Waals surface area contributed by atoms with Crippen molar-refractivity contribution in [3.8, 4) is 0 Å². The molecule has 4 heteroatoms. The van der Waals surface area contributed by atoms with Crippen LogP contribution in [0.4, 0.5) is 0 Å². The number of hydrogen-bond acceptors (Lipinski definition) is 3. The number of nitrogens with one attached hydrogen (secondary N) is 1. The second-order valence-electron chi connectivity index (χ2n) is 3.83. The lowest BCUT2D eigenvalue weighted by Crippen LogP contribution is -2.28. The van der Waals surface area contributed by atoms with Crippen LogP contribution in [-0.4, -0.2) is 22.2 Å². The van der Waals surface area contributed by atoms with Gasteiger partial charge in [0.15, 0.2) is 0 Å². The van der Waals surface area contributed by atoms with E-state index in [-0.39, 0.29) is 6.10 Å². The molecule has 3 nitrogen and oxygen atoms in total. The third-order valence-corrected chi connectivity index (χ3v) is 2.58. The molecule has 0 bridgehead atoms. The zero-order chi connectivity index (χ0) is 11.3. The van der Waals surface area contributed by atoms with Crippen molar-refractivity contribution in [2.45, 2.75) is 39.0 Å². The molecule has 1 aromatic heterocycles. The predicted octanol–water partition coefficient (Wildman–Crippen LogP) is 2.09. The number of aromatic nitrogens is 1. The zero-order valence-corrected chi connectivity index (χ0v) is 10.7. The van der Waals surface area contributed by atoms with Crippen molar-refractivity contribution in [2.75, 3.05) is 0 Å². The molecule has 0 saturated carbocycles. The number of hydrogen-bond donors (Lipinski definition) is 2. The minimum absolute atomic E-state index is 0.259. The van der Waals surface area contributed by atoms with Crippen LogP contribution in [0.15, 0.2) is 22.8 Å². The fourth-order valence-electron chi connectivity index (χ4n) is 1.38. The first-order valence-electron chi connectivity index (χ1n) is 5.10. The Labute approximate surface area is 99.1 Å². The van der Waals surface area contributed by atoms with E-state index in [2.05, 4.69) is 33.2 Å². The average Bonchev–Trinajstić information content (AvgIpc) is 2.16. The van der Waals surface area contributed by atoms with Gasteiger partial charge in [0.25, 0.3) is 0 Å². The van der Waals surface area contributed by atoms with Crippen LogP contribution in [0.25, 0.3) is 0 Å². The summed E-state index contributed by atoms with van der Waals surface area (Å²) in [4.78, 5) is 4.26. The van der Waals surface area contributed by atoms with E-state index in [0.717, 1.165) is 23.1 Å². The molecular formula is C11H17BrN2O. The first kappa shape index (κ1) is 12.6. The van der Waals surface area contributed by atoms with Crippen LogP contribution in [0.5, 0.6) is 0 Å². The molecule has 0 aromatic carbocycles. The van der Waals surface area contributed by atoms with Crippen LogP contribution in [0, 0.1) is 0 Å². The number of pyridine rings is 1. The quantitative estimate of drug-likeness (QED) is 0.863. The van der Waals surface area contributed by atoms with Gasteiger partial charge in [-0.25, -0.2) is 0 Å². The summed E-state index contributed by atoms with van der Waals surface area (Å²) >= 11 is 3.34. The third kappa shape index (κ3) is 5.25. The van der Waals surface area contributed by atoms with Crippen molar-refractivity contribution < 1.29 is 5.11 Å². The molecule has 0 amide bonds. The van der Waals surface area contributed by atoms with Crippen LogP contribution < -0.4 is 5.32 Å². The lowest BCUT2D eigenvalue weighted by atomic mass is 10.1. The van der Waals surface area contributed by atoms with Gasteiger partial charge in [0.05, 0.1) is 11.8 Å². The molecule has 1 heterocycles. The Kier molecular flexibility index (Phi) is 5.22. The molecule has 2 N–H and O–H groups in total. The fraction of sp³-hybridized carbons (Fsp3) is 0.545. The molecule has 0 aliphatic heterocycles. The SMILES string of the molecule is CC(O)CC(C)NCc1ccc(Br)cn1.